The third-order valence-electron chi connectivity index (χ3n) is 3.93. The zero-order valence-corrected chi connectivity index (χ0v) is 13.8. The smallest absolute Gasteiger partial charge is 0.264 e. The number of imide groups is 1. The van der Waals surface area contributed by atoms with Crippen LogP contribution in [0.2, 0.25) is 0 Å². The quantitative estimate of drug-likeness (QED) is 0.551. The van der Waals surface area contributed by atoms with Crippen molar-refractivity contribution in [1.29, 1.82) is 0 Å². The summed E-state index contributed by atoms with van der Waals surface area (Å²) >= 11 is 0. The van der Waals surface area contributed by atoms with Gasteiger partial charge in [-0.1, -0.05) is 13.0 Å². The predicted octanol–water partition coefficient (Wildman–Crippen LogP) is 1.20. The van der Waals surface area contributed by atoms with Crippen molar-refractivity contribution in [2.24, 2.45) is 0 Å². The number of nitrogens with one attached hydrogen (secondary N) is 2. The van der Waals surface area contributed by atoms with Crippen LogP contribution in [0.25, 0.3) is 0 Å². The van der Waals surface area contributed by atoms with Crippen LogP contribution in [0.1, 0.15) is 46.9 Å². The molecule has 3 amide bonds. The molecule has 0 spiro atoms. The average Bonchev–Trinajstić information content (AvgIpc) is 2.85. The van der Waals surface area contributed by atoms with Crippen molar-refractivity contribution >= 4 is 29.7 Å². The van der Waals surface area contributed by atoms with Crippen LogP contribution in [-0.2, 0) is 9.59 Å². The minimum atomic E-state index is -0.994. The summed E-state index contributed by atoms with van der Waals surface area (Å²) in [4.78, 5) is 49.2. The average molecular weight is 331 g/mol. The lowest BCUT2D eigenvalue weighted by Gasteiger charge is -2.24. The van der Waals surface area contributed by atoms with Crippen LogP contribution in [-0.4, -0.2) is 48.5 Å². The number of carbonyl (C=O) groups is 4. The molecule has 1 atom stereocenters. The Hall–Kier alpha value is -2.70. The molecule has 1 aromatic carbocycles. The van der Waals surface area contributed by atoms with Crippen LogP contribution in [0.5, 0.6) is 0 Å². The first-order valence-electron chi connectivity index (χ1n) is 7.96. The molecule has 2 rings (SSSR count). The first-order chi connectivity index (χ1) is 11.6. The van der Waals surface area contributed by atoms with Gasteiger partial charge in [0.15, 0.2) is 0 Å². The SMILES string of the molecule is CCCNc1cccc2c1C(=O)N(C(CCC=O)C(=O)NC)C2=O. The summed E-state index contributed by atoms with van der Waals surface area (Å²) in [5.41, 5.74) is 1.15. The van der Waals surface area contributed by atoms with Gasteiger partial charge in [-0.25, -0.2) is 0 Å². The molecule has 0 fully saturated rings. The van der Waals surface area contributed by atoms with E-state index in [-0.39, 0.29) is 24.0 Å². The van der Waals surface area contributed by atoms with E-state index in [2.05, 4.69) is 10.6 Å². The molecule has 1 aliphatic heterocycles. The second kappa shape index (κ2) is 7.72. The number of carbonyl (C=O) groups excluding carboxylic acids is 4. The summed E-state index contributed by atoms with van der Waals surface area (Å²) in [5.74, 6) is -1.47. The van der Waals surface area contributed by atoms with E-state index >= 15 is 0 Å². The van der Waals surface area contributed by atoms with Crippen molar-refractivity contribution < 1.29 is 19.2 Å². The number of anilines is 1. The monoisotopic (exact) mass is 331 g/mol. The highest BCUT2D eigenvalue weighted by Crippen LogP contribution is 2.31. The number of nitrogens with zero attached hydrogens (tertiary/aromatic N) is 1. The molecule has 7 nitrogen and oxygen atoms in total. The zero-order valence-electron chi connectivity index (χ0n) is 13.8. The Morgan fingerprint density at radius 3 is 2.67 bits per heavy atom. The van der Waals surface area contributed by atoms with E-state index in [1.807, 2.05) is 6.92 Å². The number of aldehydes is 1. The minimum Gasteiger partial charge on any atom is -0.384 e. The van der Waals surface area contributed by atoms with Crippen LogP contribution < -0.4 is 10.6 Å². The molecule has 0 saturated heterocycles. The van der Waals surface area contributed by atoms with Crippen LogP contribution in [0.15, 0.2) is 18.2 Å². The number of hydrogen-bond donors (Lipinski definition) is 2. The molecule has 1 aliphatic rings. The van der Waals surface area contributed by atoms with E-state index < -0.39 is 23.8 Å². The van der Waals surface area contributed by atoms with Crippen LogP contribution in [0, 0.1) is 0 Å². The molecular weight excluding hydrogens is 310 g/mol. The maximum Gasteiger partial charge on any atom is 0.264 e. The molecule has 0 bridgehead atoms. The Morgan fingerprint density at radius 2 is 2.04 bits per heavy atom. The third kappa shape index (κ3) is 3.15. The molecule has 24 heavy (non-hydrogen) atoms. The fraction of sp³-hybridized carbons (Fsp3) is 0.412. The molecule has 128 valence electrons. The van der Waals surface area contributed by atoms with E-state index in [9.17, 15) is 19.2 Å². The van der Waals surface area contributed by atoms with E-state index in [1.54, 1.807) is 18.2 Å². The van der Waals surface area contributed by atoms with Crippen molar-refractivity contribution in [3.05, 3.63) is 29.3 Å². The Balaban J connectivity index is 2.40. The fourth-order valence-electron chi connectivity index (χ4n) is 2.76. The first-order valence-corrected chi connectivity index (χ1v) is 7.96. The molecule has 1 heterocycles. The standard InChI is InChI=1S/C17H21N3O4/c1-3-9-19-12-7-4-6-11-14(12)17(24)20(16(11)23)13(8-5-10-21)15(22)18-2/h4,6-7,10,13,19H,3,5,8-9H2,1-2H3,(H,18,22). The van der Waals surface area contributed by atoms with E-state index in [0.717, 1.165) is 11.3 Å². The Bertz CT molecular complexity index is 672. The Labute approximate surface area is 140 Å². The summed E-state index contributed by atoms with van der Waals surface area (Å²) in [5, 5.41) is 5.59. The molecule has 1 aromatic rings. The normalized spacial score (nSPS) is 14.3. The molecular formula is C17H21N3O4. The highest BCUT2D eigenvalue weighted by atomic mass is 16.2. The van der Waals surface area contributed by atoms with Gasteiger partial charge < -0.3 is 15.4 Å². The molecule has 0 aromatic heterocycles. The maximum absolute atomic E-state index is 12.8. The molecule has 2 N–H and O–H groups in total. The van der Waals surface area contributed by atoms with Gasteiger partial charge in [-0.2, -0.15) is 0 Å². The molecule has 0 saturated carbocycles. The van der Waals surface area contributed by atoms with Crippen molar-refractivity contribution in [2.75, 3.05) is 18.9 Å². The number of rotatable bonds is 8. The lowest BCUT2D eigenvalue weighted by atomic mass is 10.1. The van der Waals surface area contributed by atoms with Crippen molar-refractivity contribution in [3.63, 3.8) is 0 Å². The number of likely N-dealkylation sites (N-methyl/N-ethyl adjacent to an activating group) is 1. The fourth-order valence-corrected chi connectivity index (χ4v) is 2.76. The van der Waals surface area contributed by atoms with Crippen molar-refractivity contribution in [2.45, 2.75) is 32.2 Å². The summed E-state index contributed by atoms with van der Waals surface area (Å²) in [7, 11) is 1.43. The van der Waals surface area contributed by atoms with Crippen molar-refractivity contribution in [1.82, 2.24) is 10.2 Å². The number of hydrogen-bond acceptors (Lipinski definition) is 5. The second-order valence-corrected chi connectivity index (χ2v) is 5.51. The lowest BCUT2D eigenvalue weighted by molar-refractivity contribution is -0.124. The van der Waals surface area contributed by atoms with Crippen LogP contribution >= 0.6 is 0 Å². The molecule has 7 heteroatoms. The summed E-state index contributed by atoms with van der Waals surface area (Å²) in [6.07, 6.45) is 1.73. The Morgan fingerprint density at radius 1 is 1.29 bits per heavy atom. The van der Waals surface area contributed by atoms with Crippen molar-refractivity contribution in [3.8, 4) is 0 Å². The number of benzene rings is 1. The second-order valence-electron chi connectivity index (χ2n) is 5.51. The highest BCUT2D eigenvalue weighted by Gasteiger charge is 2.43. The van der Waals surface area contributed by atoms with Crippen LogP contribution in [0.3, 0.4) is 0 Å². The highest BCUT2D eigenvalue weighted by molar-refractivity contribution is 6.25. The van der Waals surface area contributed by atoms with Gasteiger partial charge in [0.25, 0.3) is 11.8 Å². The van der Waals surface area contributed by atoms with Gasteiger partial charge in [-0.3, -0.25) is 19.3 Å². The van der Waals surface area contributed by atoms with Gasteiger partial charge in [-0.15, -0.1) is 0 Å². The van der Waals surface area contributed by atoms with Crippen LogP contribution in [0.4, 0.5) is 5.69 Å². The largest absolute Gasteiger partial charge is 0.384 e. The van der Waals surface area contributed by atoms with Gasteiger partial charge in [0.1, 0.15) is 12.3 Å². The van der Waals surface area contributed by atoms with E-state index in [4.69, 9.17) is 0 Å². The Kier molecular flexibility index (Phi) is 5.68. The van der Waals surface area contributed by atoms with Gasteiger partial charge in [0.2, 0.25) is 5.91 Å². The topological polar surface area (TPSA) is 95.6 Å². The lowest BCUT2D eigenvalue weighted by Crippen LogP contribution is -2.48. The molecule has 0 aliphatic carbocycles. The summed E-state index contributed by atoms with van der Waals surface area (Å²) in [6, 6.07) is 4.02. The predicted molar refractivity (Wildman–Crippen MR) is 88.9 cm³/mol. The first kappa shape index (κ1) is 17.7. The zero-order chi connectivity index (χ0) is 17.7. The number of fused-ring (bicyclic) bond motifs is 1. The number of amides is 3. The van der Waals surface area contributed by atoms with Gasteiger partial charge >= 0.3 is 0 Å². The molecule has 0 radical (unpaired) electrons. The third-order valence-corrected chi connectivity index (χ3v) is 3.93. The van der Waals surface area contributed by atoms with Gasteiger partial charge in [0.05, 0.1) is 11.1 Å². The van der Waals surface area contributed by atoms with E-state index in [1.165, 1.54) is 7.05 Å². The minimum absolute atomic E-state index is 0.0897. The van der Waals surface area contributed by atoms with Gasteiger partial charge in [0, 0.05) is 25.7 Å². The van der Waals surface area contributed by atoms with E-state index in [0.29, 0.717) is 18.5 Å². The molecule has 1 unspecified atom stereocenters. The summed E-state index contributed by atoms with van der Waals surface area (Å²) in [6.45, 7) is 2.67. The summed E-state index contributed by atoms with van der Waals surface area (Å²) < 4.78 is 0. The van der Waals surface area contributed by atoms with Gasteiger partial charge in [-0.05, 0) is 25.0 Å². The maximum atomic E-state index is 12.8.